The molecule has 1 aliphatic heterocycles. The van der Waals surface area contributed by atoms with Crippen molar-refractivity contribution in [2.24, 2.45) is 0 Å². The SMILES string of the molecule is CC(C)c1noc(C2CCN(c3cc(Nc4ccc(S(C)(=O)=O)cc4)ncn3)CC2)n1. The Hall–Kier alpha value is -3.01. The van der Waals surface area contributed by atoms with Crippen LogP contribution in [0.3, 0.4) is 0 Å². The van der Waals surface area contributed by atoms with E-state index in [9.17, 15) is 8.42 Å². The minimum Gasteiger partial charge on any atom is -0.356 e. The van der Waals surface area contributed by atoms with Gasteiger partial charge in [-0.25, -0.2) is 18.4 Å². The van der Waals surface area contributed by atoms with Crippen molar-refractivity contribution in [3.8, 4) is 0 Å². The van der Waals surface area contributed by atoms with Crippen LogP contribution in [0.15, 0.2) is 46.1 Å². The van der Waals surface area contributed by atoms with Crippen LogP contribution in [0.5, 0.6) is 0 Å². The Kier molecular flexibility index (Phi) is 5.90. The molecule has 4 rings (SSSR count). The van der Waals surface area contributed by atoms with Crippen LogP contribution in [-0.4, -0.2) is 47.9 Å². The van der Waals surface area contributed by atoms with Gasteiger partial charge in [-0.2, -0.15) is 4.98 Å². The smallest absolute Gasteiger partial charge is 0.229 e. The zero-order chi connectivity index (χ0) is 22.0. The molecule has 2 aromatic heterocycles. The number of rotatable bonds is 6. The molecule has 164 valence electrons. The monoisotopic (exact) mass is 442 g/mol. The van der Waals surface area contributed by atoms with Crippen molar-refractivity contribution in [1.29, 1.82) is 0 Å². The van der Waals surface area contributed by atoms with Gasteiger partial charge >= 0.3 is 0 Å². The average Bonchev–Trinajstić information content (AvgIpc) is 3.25. The van der Waals surface area contributed by atoms with E-state index in [-0.39, 0.29) is 16.7 Å². The fourth-order valence-corrected chi connectivity index (χ4v) is 4.16. The van der Waals surface area contributed by atoms with Crippen LogP contribution < -0.4 is 10.2 Å². The van der Waals surface area contributed by atoms with Gasteiger partial charge in [0.2, 0.25) is 5.89 Å². The van der Waals surface area contributed by atoms with Gasteiger partial charge in [0.25, 0.3) is 0 Å². The first kappa shape index (κ1) is 21.2. The first-order valence-corrected chi connectivity index (χ1v) is 12.2. The van der Waals surface area contributed by atoms with E-state index in [0.717, 1.165) is 49.2 Å². The lowest BCUT2D eigenvalue weighted by molar-refractivity contribution is 0.325. The van der Waals surface area contributed by atoms with Gasteiger partial charge in [-0.15, -0.1) is 0 Å². The Morgan fingerprint density at radius 3 is 2.45 bits per heavy atom. The van der Waals surface area contributed by atoms with Crippen LogP contribution >= 0.6 is 0 Å². The van der Waals surface area contributed by atoms with Gasteiger partial charge < -0.3 is 14.7 Å². The van der Waals surface area contributed by atoms with Crippen molar-refractivity contribution in [2.45, 2.75) is 43.4 Å². The van der Waals surface area contributed by atoms with Gasteiger partial charge in [0.15, 0.2) is 15.7 Å². The minimum atomic E-state index is -3.22. The highest BCUT2D eigenvalue weighted by molar-refractivity contribution is 7.90. The zero-order valence-corrected chi connectivity index (χ0v) is 18.6. The molecule has 10 heteroatoms. The van der Waals surface area contributed by atoms with Gasteiger partial charge in [0.05, 0.1) is 4.90 Å². The minimum absolute atomic E-state index is 0.257. The van der Waals surface area contributed by atoms with E-state index in [4.69, 9.17) is 4.52 Å². The Bertz CT molecular complexity index is 1140. The number of hydrogen-bond donors (Lipinski definition) is 1. The molecular weight excluding hydrogens is 416 g/mol. The maximum atomic E-state index is 11.6. The third kappa shape index (κ3) is 5.01. The predicted octanol–water partition coefficient (Wildman–Crippen LogP) is 3.51. The Balaban J connectivity index is 1.39. The molecule has 1 aromatic carbocycles. The molecule has 1 saturated heterocycles. The van der Waals surface area contributed by atoms with Crippen LogP contribution in [0.25, 0.3) is 0 Å². The summed E-state index contributed by atoms with van der Waals surface area (Å²) in [5, 5.41) is 7.28. The van der Waals surface area contributed by atoms with Crippen molar-refractivity contribution < 1.29 is 12.9 Å². The standard InChI is InChI=1S/C21H26N6O3S/c1-14(2)20-25-21(30-26-20)15-8-10-27(11-9-15)19-12-18(22-13-23-19)24-16-4-6-17(7-5-16)31(3,28)29/h4-7,12-15H,8-11H2,1-3H3,(H,22,23,24). The number of nitrogens with zero attached hydrogens (tertiary/aromatic N) is 5. The molecule has 0 bridgehead atoms. The summed E-state index contributed by atoms with van der Waals surface area (Å²) in [5.41, 5.74) is 0.758. The zero-order valence-electron chi connectivity index (χ0n) is 17.8. The summed E-state index contributed by atoms with van der Waals surface area (Å²) < 4.78 is 28.7. The summed E-state index contributed by atoms with van der Waals surface area (Å²) >= 11 is 0. The third-order valence-electron chi connectivity index (χ3n) is 5.35. The second kappa shape index (κ2) is 8.62. The molecule has 31 heavy (non-hydrogen) atoms. The highest BCUT2D eigenvalue weighted by atomic mass is 32.2. The molecule has 1 fully saturated rings. The number of aromatic nitrogens is 4. The Morgan fingerprint density at radius 2 is 1.84 bits per heavy atom. The van der Waals surface area contributed by atoms with Crippen LogP contribution in [0.4, 0.5) is 17.3 Å². The number of anilines is 3. The van der Waals surface area contributed by atoms with Crippen molar-refractivity contribution >= 4 is 27.2 Å². The third-order valence-corrected chi connectivity index (χ3v) is 6.48. The Labute approximate surface area is 181 Å². The molecule has 1 N–H and O–H groups in total. The second-order valence-corrected chi connectivity index (χ2v) is 10.1. The normalized spacial score (nSPS) is 15.4. The van der Waals surface area contributed by atoms with E-state index >= 15 is 0 Å². The van der Waals surface area contributed by atoms with Crippen molar-refractivity contribution in [2.75, 3.05) is 29.6 Å². The van der Waals surface area contributed by atoms with Gasteiger partial charge in [-0.05, 0) is 37.1 Å². The largest absolute Gasteiger partial charge is 0.356 e. The lowest BCUT2D eigenvalue weighted by Gasteiger charge is -2.31. The van der Waals surface area contributed by atoms with Crippen molar-refractivity contribution in [3.05, 3.63) is 48.4 Å². The van der Waals surface area contributed by atoms with Crippen LogP contribution in [0, 0.1) is 0 Å². The lowest BCUT2D eigenvalue weighted by atomic mass is 9.97. The van der Waals surface area contributed by atoms with Crippen LogP contribution in [-0.2, 0) is 9.84 Å². The number of hydrogen-bond acceptors (Lipinski definition) is 9. The maximum Gasteiger partial charge on any atom is 0.229 e. The Morgan fingerprint density at radius 1 is 1.13 bits per heavy atom. The molecule has 0 spiro atoms. The second-order valence-electron chi connectivity index (χ2n) is 8.09. The van der Waals surface area contributed by atoms with Gasteiger partial charge in [-0.1, -0.05) is 19.0 Å². The van der Waals surface area contributed by atoms with Crippen LogP contribution in [0.2, 0.25) is 0 Å². The van der Waals surface area contributed by atoms with E-state index < -0.39 is 9.84 Å². The molecule has 0 unspecified atom stereocenters. The van der Waals surface area contributed by atoms with E-state index in [2.05, 4.69) is 44.2 Å². The molecule has 0 aliphatic carbocycles. The summed E-state index contributed by atoms with van der Waals surface area (Å²) in [5.74, 6) is 3.51. The summed E-state index contributed by atoms with van der Waals surface area (Å²) in [4.78, 5) is 15.7. The molecule has 3 aromatic rings. The number of sulfone groups is 1. The number of nitrogens with one attached hydrogen (secondary N) is 1. The van der Waals surface area contributed by atoms with Gasteiger partial charge in [-0.3, -0.25) is 0 Å². The van der Waals surface area contributed by atoms with Gasteiger partial charge in [0.1, 0.15) is 18.0 Å². The first-order chi connectivity index (χ1) is 14.8. The van der Waals surface area contributed by atoms with E-state index in [0.29, 0.717) is 5.82 Å². The van der Waals surface area contributed by atoms with E-state index in [1.807, 2.05) is 6.07 Å². The van der Waals surface area contributed by atoms with Gasteiger partial charge in [0, 0.05) is 42.9 Å². The molecule has 0 radical (unpaired) electrons. The predicted molar refractivity (Wildman–Crippen MR) is 117 cm³/mol. The summed E-state index contributed by atoms with van der Waals surface area (Å²) in [6.45, 7) is 5.78. The quantitative estimate of drug-likeness (QED) is 0.612. The topological polar surface area (TPSA) is 114 Å². The van der Waals surface area contributed by atoms with E-state index in [1.54, 1.807) is 24.3 Å². The highest BCUT2D eigenvalue weighted by Gasteiger charge is 2.26. The summed E-state index contributed by atoms with van der Waals surface area (Å²) in [6.07, 6.45) is 4.55. The highest BCUT2D eigenvalue weighted by Crippen LogP contribution is 2.30. The summed E-state index contributed by atoms with van der Waals surface area (Å²) in [7, 11) is -3.22. The summed E-state index contributed by atoms with van der Waals surface area (Å²) in [6, 6.07) is 8.49. The fraction of sp³-hybridized carbons (Fsp3) is 0.429. The van der Waals surface area contributed by atoms with E-state index in [1.165, 1.54) is 12.6 Å². The first-order valence-electron chi connectivity index (χ1n) is 10.3. The van der Waals surface area contributed by atoms with Crippen molar-refractivity contribution in [1.82, 2.24) is 20.1 Å². The molecule has 3 heterocycles. The molecule has 9 nitrogen and oxygen atoms in total. The molecule has 0 amide bonds. The fourth-order valence-electron chi connectivity index (χ4n) is 3.52. The average molecular weight is 443 g/mol. The number of piperidine rings is 1. The molecule has 0 saturated carbocycles. The van der Waals surface area contributed by atoms with Crippen molar-refractivity contribution in [3.63, 3.8) is 0 Å². The molecule has 1 aliphatic rings. The molecule has 0 atom stereocenters. The van der Waals surface area contributed by atoms with Crippen LogP contribution in [0.1, 0.15) is 50.2 Å². The number of benzene rings is 1. The lowest BCUT2D eigenvalue weighted by Crippen LogP contribution is -2.33. The maximum absolute atomic E-state index is 11.6. The molecular formula is C21H26N6O3S.